The maximum Gasteiger partial charge on any atom is 0.343 e. The summed E-state index contributed by atoms with van der Waals surface area (Å²) in [6.07, 6.45) is 2.60. The van der Waals surface area contributed by atoms with E-state index >= 15 is 0 Å². The number of cyclic esters (lactones) is 1. The van der Waals surface area contributed by atoms with E-state index in [1.807, 2.05) is 6.92 Å². The molecule has 1 aromatic rings. The predicted molar refractivity (Wildman–Crippen MR) is 70.5 cm³/mol. The van der Waals surface area contributed by atoms with Crippen molar-refractivity contribution in [3.8, 4) is 11.5 Å². The number of phenols is 2. The number of carbonyl (C=O) groups is 1. The molecule has 0 fully saturated rings. The molecule has 2 aliphatic rings. The van der Waals surface area contributed by atoms with Gasteiger partial charge in [0.1, 0.15) is 6.61 Å². The summed E-state index contributed by atoms with van der Waals surface area (Å²) in [6.45, 7) is 3.36. The molecule has 1 aliphatic heterocycles. The number of ether oxygens (including phenoxy) is 1. The number of aromatic hydroxyl groups is 2. The predicted octanol–water partition coefficient (Wildman–Crippen LogP) is 1.80. The summed E-state index contributed by atoms with van der Waals surface area (Å²) in [7, 11) is 0. The van der Waals surface area contributed by atoms with E-state index in [0.717, 1.165) is 18.4 Å². The van der Waals surface area contributed by atoms with Crippen LogP contribution in [0.4, 0.5) is 0 Å². The molecule has 0 spiro atoms. The van der Waals surface area contributed by atoms with Crippen molar-refractivity contribution >= 4 is 5.97 Å². The smallest absolute Gasteiger partial charge is 0.343 e. The Hall–Kier alpha value is -1.75. The molecule has 2 atom stereocenters. The van der Waals surface area contributed by atoms with Crippen LogP contribution in [0, 0.1) is 0 Å². The molecule has 5 heteroatoms. The van der Waals surface area contributed by atoms with E-state index in [4.69, 9.17) is 4.74 Å². The molecule has 108 valence electrons. The standard InChI is InChI=1S/C15H18O5/c1-7-4-3-5-8-10(7)9-6-20-14(18)15(2,19)11(9)13(17)12(8)16/h7,16-17,19H,3-6H2,1-2H3/t7-,15-/m0/s1. The Morgan fingerprint density at radius 1 is 1.25 bits per heavy atom. The van der Waals surface area contributed by atoms with Gasteiger partial charge in [-0.15, -0.1) is 0 Å². The fourth-order valence-electron chi connectivity index (χ4n) is 3.48. The molecule has 0 aromatic heterocycles. The second-order valence-corrected chi connectivity index (χ2v) is 5.88. The van der Waals surface area contributed by atoms with E-state index < -0.39 is 17.3 Å². The maximum absolute atomic E-state index is 11.7. The maximum atomic E-state index is 11.7. The third-order valence-electron chi connectivity index (χ3n) is 4.49. The van der Waals surface area contributed by atoms with E-state index in [2.05, 4.69) is 0 Å². The summed E-state index contributed by atoms with van der Waals surface area (Å²) >= 11 is 0. The highest BCUT2D eigenvalue weighted by molar-refractivity contribution is 5.85. The number of carbonyl (C=O) groups excluding carboxylic acids is 1. The minimum atomic E-state index is -1.93. The quantitative estimate of drug-likeness (QED) is 0.497. The molecule has 1 aromatic carbocycles. The largest absolute Gasteiger partial charge is 0.504 e. The minimum Gasteiger partial charge on any atom is -0.504 e. The van der Waals surface area contributed by atoms with Crippen molar-refractivity contribution in [2.75, 3.05) is 0 Å². The molecule has 0 bridgehead atoms. The number of rotatable bonds is 0. The molecule has 0 amide bonds. The van der Waals surface area contributed by atoms with E-state index in [1.54, 1.807) is 0 Å². The zero-order valence-corrected chi connectivity index (χ0v) is 11.6. The zero-order valence-electron chi connectivity index (χ0n) is 11.6. The highest BCUT2D eigenvalue weighted by Crippen LogP contribution is 2.50. The summed E-state index contributed by atoms with van der Waals surface area (Å²) in [5.74, 6) is -1.20. The number of hydrogen-bond donors (Lipinski definition) is 3. The monoisotopic (exact) mass is 278 g/mol. The van der Waals surface area contributed by atoms with Gasteiger partial charge < -0.3 is 20.1 Å². The van der Waals surface area contributed by atoms with E-state index in [9.17, 15) is 20.1 Å². The average molecular weight is 278 g/mol. The fourth-order valence-corrected chi connectivity index (χ4v) is 3.48. The lowest BCUT2D eigenvalue weighted by atomic mass is 9.75. The van der Waals surface area contributed by atoms with Crippen LogP contribution in [0.2, 0.25) is 0 Å². The van der Waals surface area contributed by atoms with Crippen molar-refractivity contribution < 1.29 is 24.9 Å². The fraction of sp³-hybridized carbons (Fsp3) is 0.533. The molecule has 1 heterocycles. The number of hydrogen-bond acceptors (Lipinski definition) is 5. The van der Waals surface area contributed by atoms with Gasteiger partial charge in [-0.2, -0.15) is 0 Å². The molecular weight excluding hydrogens is 260 g/mol. The van der Waals surface area contributed by atoms with Gasteiger partial charge in [0.15, 0.2) is 17.1 Å². The summed E-state index contributed by atoms with van der Waals surface area (Å²) < 4.78 is 5.05. The van der Waals surface area contributed by atoms with Gasteiger partial charge >= 0.3 is 5.97 Å². The Balaban J connectivity index is 2.37. The van der Waals surface area contributed by atoms with Crippen LogP contribution in [0.5, 0.6) is 11.5 Å². The van der Waals surface area contributed by atoms with Crippen LogP contribution in [-0.4, -0.2) is 21.3 Å². The molecule has 20 heavy (non-hydrogen) atoms. The lowest BCUT2D eigenvalue weighted by Gasteiger charge is -2.35. The minimum absolute atomic E-state index is 0.0326. The molecule has 3 N–H and O–H groups in total. The highest BCUT2D eigenvalue weighted by atomic mass is 16.6. The Kier molecular flexibility index (Phi) is 2.73. The molecule has 0 radical (unpaired) electrons. The van der Waals surface area contributed by atoms with Crippen molar-refractivity contribution in [1.82, 2.24) is 0 Å². The molecular formula is C15H18O5. The molecule has 0 saturated carbocycles. The molecule has 3 rings (SSSR count). The Morgan fingerprint density at radius 2 is 1.95 bits per heavy atom. The first-order chi connectivity index (χ1) is 9.35. The van der Waals surface area contributed by atoms with Crippen LogP contribution in [-0.2, 0) is 28.2 Å². The summed E-state index contributed by atoms with van der Waals surface area (Å²) in [6, 6.07) is 0. The second kappa shape index (κ2) is 4.12. The van der Waals surface area contributed by atoms with Gasteiger partial charge in [0.25, 0.3) is 0 Å². The van der Waals surface area contributed by atoms with Gasteiger partial charge in [-0.05, 0) is 37.7 Å². The van der Waals surface area contributed by atoms with Crippen molar-refractivity contribution in [3.63, 3.8) is 0 Å². The van der Waals surface area contributed by atoms with Crippen molar-refractivity contribution in [2.45, 2.75) is 51.2 Å². The number of esters is 1. The number of fused-ring (bicyclic) bond motifs is 3. The Morgan fingerprint density at radius 3 is 2.65 bits per heavy atom. The van der Waals surface area contributed by atoms with E-state index in [1.165, 1.54) is 6.92 Å². The van der Waals surface area contributed by atoms with Crippen LogP contribution in [0.1, 0.15) is 54.9 Å². The van der Waals surface area contributed by atoms with Crippen LogP contribution in [0.15, 0.2) is 0 Å². The summed E-state index contributed by atoms with van der Waals surface area (Å²) in [4.78, 5) is 11.7. The summed E-state index contributed by atoms with van der Waals surface area (Å²) in [5, 5.41) is 30.8. The molecule has 5 nitrogen and oxygen atoms in total. The molecule has 0 unspecified atom stereocenters. The first-order valence-corrected chi connectivity index (χ1v) is 6.85. The van der Waals surface area contributed by atoms with Crippen molar-refractivity contribution in [1.29, 1.82) is 0 Å². The number of benzene rings is 1. The first kappa shape index (κ1) is 13.2. The van der Waals surface area contributed by atoms with Gasteiger partial charge in [-0.25, -0.2) is 4.79 Å². The van der Waals surface area contributed by atoms with Gasteiger partial charge in [-0.3, -0.25) is 0 Å². The second-order valence-electron chi connectivity index (χ2n) is 5.88. The average Bonchev–Trinajstić information content (AvgIpc) is 2.39. The van der Waals surface area contributed by atoms with Gasteiger partial charge in [0.2, 0.25) is 0 Å². The highest BCUT2D eigenvalue weighted by Gasteiger charge is 2.45. The van der Waals surface area contributed by atoms with Gasteiger partial charge in [0.05, 0.1) is 0 Å². The van der Waals surface area contributed by atoms with Crippen molar-refractivity contribution in [2.24, 2.45) is 0 Å². The third-order valence-corrected chi connectivity index (χ3v) is 4.49. The number of phenolic OH excluding ortho intramolecular Hbond substituents is 2. The Bertz CT molecular complexity index is 603. The van der Waals surface area contributed by atoms with E-state index in [-0.39, 0.29) is 23.8 Å². The van der Waals surface area contributed by atoms with Crippen LogP contribution in [0.25, 0.3) is 0 Å². The first-order valence-electron chi connectivity index (χ1n) is 6.85. The Labute approximate surface area is 116 Å². The SMILES string of the molecule is C[C@H]1CCCc2c(O)c(O)c3c(c21)COC(=O)[C@@]3(C)O. The third kappa shape index (κ3) is 1.56. The zero-order chi connectivity index (χ0) is 14.7. The number of aliphatic hydroxyl groups is 1. The van der Waals surface area contributed by atoms with Crippen molar-refractivity contribution in [3.05, 3.63) is 22.3 Å². The normalized spacial score (nSPS) is 28.6. The molecule has 1 aliphatic carbocycles. The van der Waals surface area contributed by atoms with Gasteiger partial charge in [0, 0.05) is 16.7 Å². The topological polar surface area (TPSA) is 87.0 Å². The van der Waals surface area contributed by atoms with Crippen LogP contribution in [0.3, 0.4) is 0 Å². The molecule has 0 saturated heterocycles. The van der Waals surface area contributed by atoms with Gasteiger partial charge in [-0.1, -0.05) is 6.92 Å². The van der Waals surface area contributed by atoms with Crippen LogP contribution >= 0.6 is 0 Å². The van der Waals surface area contributed by atoms with E-state index in [0.29, 0.717) is 17.5 Å². The summed E-state index contributed by atoms with van der Waals surface area (Å²) in [5.41, 5.74) is 0.440. The lowest BCUT2D eigenvalue weighted by Crippen LogP contribution is -2.39. The van der Waals surface area contributed by atoms with Crippen LogP contribution < -0.4 is 0 Å². The lowest BCUT2D eigenvalue weighted by molar-refractivity contribution is -0.169.